The summed E-state index contributed by atoms with van der Waals surface area (Å²) in [4.78, 5) is 53.4. The number of ether oxygens (including phenoxy) is 1. The maximum Gasteiger partial charge on any atom is 0.341 e. The molecule has 10 nitrogen and oxygen atoms in total. The second kappa shape index (κ2) is 10.1. The van der Waals surface area contributed by atoms with E-state index in [-0.39, 0.29) is 34.6 Å². The Morgan fingerprint density at radius 3 is 2.12 bits per heavy atom. The quantitative estimate of drug-likeness (QED) is 0.555. The van der Waals surface area contributed by atoms with Gasteiger partial charge >= 0.3 is 5.97 Å². The van der Waals surface area contributed by atoms with Gasteiger partial charge in [0.15, 0.2) is 17.6 Å². The van der Waals surface area contributed by atoms with Gasteiger partial charge in [0, 0.05) is 26.2 Å². The molecule has 1 atom stereocenters. The first-order chi connectivity index (χ1) is 16.4. The van der Waals surface area contributed by atoms with Crippen LogP contribution >= 0.6 is 0 Å². The lowest BCUT2D eigenvalue weighted by Crippen LogP contribution is -2.53. The summed E-state index contributed by atoms with van der Waals surface area (Å²) >= 11 is 0. The molecule has 0 radical (unpaired) electrons. The Kier molecular flexibility index (Phi) is 6.77. The average Bonchev–Trinajstić information content (AvgIpc) is 3.58. The zero-order valence-electron chi connectivity index (χ0n) is 18.4. The molecule has 0 aliphatic carbocycles. The summed E-state index contributed by atoms with van der Waals surface area (Å²) in [7, 11) is 0. The highest BCUT2D eigenvalue weighted by Gasteiger charge is 2.30. The Bertz CT molecular complexity index is 1160. The lowest BCUT2D eigenvalue weighted by molar-refractivity contribution is -0.141. The van der Waals surface area contributed by atoms with Crippen molar-refractivity contribution in [3.63, 3.8) is 0 Å². The number of esters is 1. The van der Waals surface area contributed by atoms with Gasteiger partial charge in [-0.15, -0.1) is 0 Å². The molecule has 2 aromatic heterocycles. The summed E-state index contributed by atoms with van der Waals surface area (Å²) in [6, 6.07) is 12.6. The lowest BCUT2D eigenvalue weighted by atomic mass is 10.1. The van der Waals surface area contributed by atoms with Gasteiger partial charge in [0.25, 0.3) is 17.7 Å². The Morgan fingerprint density at radius 2 is 1.47 bits per heavy atom. The minimum Gasteiger partial charge on any atom is -0.459 e. The van der Waals surface area contributed by atoms with Crippen molar-refractivity contribution in [3.8, 4) is 0 Å². The van der Waals surface area contributed by atoms with Crippen molar-refractivity contribution in [3.05, 3.63) is 78.1 Å². The van der Waals surface area contributed by atoms with Crippen LogP contribution in [0, 0.1) is 0 Å². The number of para-hydroxylation sites is 1. The minimum absolute atomic E-state index is 0.0939. The maximum absolute atomic E-state index is 12.8. The van der Waals surface area contributed by atoms with Crippen LogP contribution in [-0.2, 0) is 9.53 Å². The molecule has 10 heteroatoms. The standard InChI is InChI=1S/C24H23N3O7/c1-16(22(29)26-10-12-27(13-11-26)23(30)20-9-5-15-33-20)34-24(31)17-6-2-3-7-18(17)25-21(28)19-8-4-14-32-19/h2-9,14-16H,10-13H2,1H3,(H,25,28)/t16-/m1/s1. The number of amides is 3. The van der Waals surface area contributed by atoms with Crippen LogP contribution in [-0.4, -0.2) is 65.8 Å². The van der Waals surface area contributed by atoms with Gasteiger partial charge in [0.05, 0.1) is 23.8 Å². The lowest BCUT2D eigenvalue weighted by Gasteiger charge is -2.35. The van der Waals surface area contributed by atoms with Gasteiger partial charge in [-0.3, -0.25) is 14.4 Å². The third-order valence-electron chi connectivity index (χ3n) is 5.38. The Hall–Kier alpha value is -4.34. The molecule has 1 N–H and O–H groups in total. The van der Waals surface area contributed by atoms with E-state index in [0.29, 0.717) is 26.2 Å². The van der Waals surface area contributed by atoms with E-state index in [0.717, 1.165) is 0 Å². The number of anilines is 1. The summed E-state index contributed by atoms with van der Waals surface area (Å²) in [5.41, 5.74) is 0.342. The number of nitrogens with one attached hydrogen (secondary N) is 1. The van der Waals surface area contributed by atoms with E-state index in [1.807, 2.05) is 0 Å². The zero-order chi connectivity index (χ0) is 24.1. The number of piperazine rings is 1. The van der Waals surface area contributed by atoms with Crippen molar-refractivity contribution in [1.82, 2.24) is 9.80 Å². The number of furan rings is 2. The Morgan fingerprint density at radius 1 is 0.853 bits per heavy atom. The first-order valence-corrected chi connectivity index (χ1v) is 10.7. The monoisotopic (exact) mass is 465 g/mol. The van der Waals surface area contributed by atoms with Crippen LogP contribution in [0.1, 0.15) is 38.4 Å². The molecule has 176 valence electrons. The molecule has 34 heavy (non-hydrogen) atoms. The molecule has 3 aromatic rings. The van der Waals surface area contributed by atoms with Crippen molar-refractivity contribution in [2.45, 2.75) is 13.0 Å². The van der Waals surface area contributed by atoms with Gasteiger partial charge in [0.1, 0.15) is 0 Å². The van der Waals surface area contributed by atoms with E-state index < -0.39 is 18.0 Å². The summed E-state index contributed by atoms with van der Waals surface area (Å²) in [6.07, 6.45) is 1.76. The molecule has 0 saturated carbocycles. The van der Waals surface area contributed by atoms with Crippen LogP contribution in [0.3, 0.4) is 0 Å². The predicted molar refractivity (Wildman–Crippen MR) is 119 cm³/mol. The highest BCUT2D eigenvalue weighted by molar-refractivity contribution is 6.07. The van der Waals surface area contributed by atoms with Gasteiger partial charge in [0.2, 0.25) is 0 Å². The molecule has 0 spiro atoms. The van der Waals surface area contributed by atoms with Crippen LogP contribution in [0.15, 0.2) is 69.9 Å². The largest absolute Gasteiger partial charge is 0.459 e. The number of hydrogen-bond acceptors (Lipinski definition) is 7. The third kappa shape index (κ3) is 5.01. The van der Waals surface area contributed by atoms with Crippen LogP contribution in [0.25, 0.3) is 0 Å². The fourth-order valence-corrected chi connectivity index (χ4v) is 3.58. The normalized spacial score (nSPS) is 14.4. The first kappa shape index (κ1) is 22.8. The summed E-state index contributed by atoms with van der Waals surface area (Å²) < 4.78 is 15.6. The van der Waals surface area contributed by atoms with Crippen molar-refractivity contribution in [2.75, 3.05) is 31.5 Å². The van der Waals surface area contributed by atoms with E-state index in [9.17, 15) is 19.2 Å². The molecule has 3 heterocycles. The summed E-state index contributed by atoms with van der Waals surface area (Å²) in [6.45, 7) is 2.79. The molecule has 0 bridgehead atoms. The van der Waals surface area contributed by atoms with Crippen LogP contribution < -0.4 is 5.32 Å². The molecule has 3 amide bonds. The Balaban J connectivity index is 1.34. The van der Waals surface area contributed by atoms with Gasteiger partial charge in [-0.1, -0.05) is 12.1 Å². The number of carbonyl (C=O) groups excluding carboxylic acids is 4. The minimum atomic E-state index is -1.05. The van der Waals surface area contributed by atoms with E-state index in [4.69, 9.17) is 13.6 Å². The fraction of sp³-hybridized carbons (Fsp3) is 0.250. The SMILES string of the molecule is C[C@@H](OC(=O)c1ccccc1NC(=O)c1ccco1)C(=O)N1CCN(C(=O)c2ccco2)CC1. The smallest absolute Gasteiger partial charge is 0.341 e. The van der Waals surface area contributed by atoms with Crippen LogP contribution in [0.2, 0.25) is 0 Å². The molecule has 1 aliphatic heterocycles. The molecule has 1 saturated heterocycles. The number of nitrogens with zero attached hydrogens (tertiary/aromatic N) is 2. The molecule has 4 rings (SSSR count). The fourth-order valence-electron chi connectivity index (χ4n) is 3.58. The highest BCUT2D eigenvalue weighted by Crippen LogP contribution is 2.19. The highest BCUT2D eigenvalue weighted by atomic mass is 16.5. The molecule has 1 aromatic carbocycles. The maximum atomic E-state index is 12.8. The second-order valence-electron chi connectivity index (χ2n) is 7.62. The third-order valence-corrected chi connectivity index (χ3v) is 5.38. The average molecular weight is 465 g/mol. The zero-order valence-corrected chi connectivity index (χ0v) is 18.4. The predicted octanol–water partition coefficient (Wildman–Crippen LogP) is 2.65. The van der Waals surface area contributed by atoms with Crippen molar-refractivity contribution < 1.29 is 32.7 Å². The van der Waals surface area contributed by atoms with Crippen LogP contribution in [0.5, 0.6) is 0 Å². The Labute approximate surface area is 195 Å². The van der Waals surface area contributed by atoms with Crippen molar-refractivity contribution >= 4 is 29.4 Å². The number of hydrogen-bond donors (Lipinski definition) is 1. The number of benzene rings is 1. The van der Waals surface area contributed by atoms with Gasteiger partial charge < -0.3 is 28.7 Å². The first-order valence-electron chi connectivity index (χ1n) is 10.7. The molecule has 0 unspecified atom stereocenters. The summed E-state index contributed by atoms with van der Waals surface area (Å²) in [5, 5.41) is 2.61. The van der Waals surface area contributed by atoms with E-state index in [1.54, 1.807) is 46.2 Å². The molecular weight excluding hydrogens is 442 g/mol. The van der Waals surface area contributed by atoms with Crippen LogP contribution in [0.4, 0.5) is 5.69 Å². The number of rotatable bonds is 6. The van der Waals surface area contributed by atoms with Gasteiger partial charge in [-0.2, -0.15) is 0 Å². The van der Waals surface area contributed by atoms with E-state index in [1.165, 1.54) is 31.6 Å². The van der Waals surface area contributed by atoms with Crippen molar-refractivity contribution in [1.29, 1.82) is 0 Å². The van der Waals surface area contributed by atoms with E-state index in [2.05, 4.69) is 5.32 Å². The van der Waals surface area contributed by atoms with Crippen molar-refractivity contribution in [2.24, 2.45) is 0 Å². The topological polar surface area (TPSA) is 122 Å². The molecule has 1 aliphatic rings. The molecule has 1 fully saturated rings. The second-order valence-corrected chi connectivity index (χ2v) is 7.62. The van der Waals surface area contributed by atoms with Gasteiger partial charge in [-0.05, 0) is 43.3 Å². The van der Waals surface area contributed by atoms with Gasteiger partial charge in [-0.25, -0.2) is 4.79 Å². The summed E-state index contributed by atoms with van der Waals surface area (Å²) in [5.74, 6) is -1.52. The number of carbonyl (C=O) groups is 4. The molecular formula is C24H23N3O7. The van der Waals surface area contributed by atoms with E-state index >= 15 is 0 Å².